The number of tetrazole rings is 1. The van der Waals surface area contributed by atoms with E-state index in [0.717, 1.165) is 16.4 Å². The Morgan fingerprint density at radius 2 is 1.90 bits per heavy atom. The zero-order valence-corrected chi connectivity index (χ0v) is 17.4. The van der Waals surface area contributed by atoms with Crippen molar-refractivity contribution >= 4 is 30.1 Å². The first kappa shape index (κ1) is 21.3. The number of carbonyl (C=O) groups excluding carboxylic acids is 1. The molecule has 3 aromatic rings. The van der Waals surface area contributed by atoms with Gasteiger partial charge in [-0.15, -0.1) is 29.3 Å². The van der Waals surface area contributed by atoms with E-state index in [-0.39, 0.29) is 24.4 Å². The quantitative estimate of drug-likeness (QED) is 0.533. The van der Waals surface area contributed by atoms with Gasteiger partial charge in [0.15, 0.2) is 5.82 Å². The molecule has 2 aromatic carbocycles. The second kappa shape index (κ2) is 9.87. The number of nitrogens with zero attached hydrogens (tertiary/aromatic N) is 4. The predicted molar refractivity (Wildman–Crippen MR) is 115 cm³/mol. The Hall–Kier alpha value is -2.42. The molecule has 1 unspecified atom stereocenters. The van der Waals surface area contributed by atoms with E-state index in [1.165, 1.54) is 24.6 Å². The van der Waals surface area contributed by atoms with Crippen molar-refractivity contribution in [2.45, 2.75) is 29.5 Å². The molecule has 0 saturated heterocycles. The van der Waals surface area contributed by atoms with Crippen LogP contribution in [0.5, 0.6) is 0 Å². The van der Waals surface area contributed by atoms with Gasteiger partial charge in [-0.3, -0.25) is 4.79 Å². The van der Waals surface area contributed by atoms with Gasteiger partial charge >= 0.3 is 0 Å². The third kappa shape index (κ3) is 5.35. The minimum absolute atomic E-state index is 0. The number of para-hydroxylation sites is 1. The van der Waals surface area contributed by atoms with Crippen molar-refractivity contribution in [3.05, 3.63) is 66.0 Å². The molecule has 1 heterocycles. The lowest BCUT2D eigenvalue weighted by atomic mass is 10.2. The van der Waals surface area contributed by atoms with E-state index < -0.39 is 0 Å². The standard InChI is InChI=1S/C20H22N6OS.ClH/c21-17(14-10-11-14)12-22-20(27)16-8-4-5-9-18(16)28-13-19-23-24-25-26(19)15-6-2-1-3-7-15;/h1-9,14,17H,10-13,21H2,(H,22,27);1H. The molecule has 3 N–H and O–H groups in total. The molecule has 1 saturated carbocycles. The van der Waals surface area contributed by atoms with Crippen molar-refractivity contribution in [2.24, 2.45) is 11.7 Å². The number of aromatic nitrogens is 4. The summed E-state index contributed by atoms with van der Waals surface area (Å²) in [6, 6.07) is 17.4. The van der Waals surface area contributed by atoms with E-state index >= 15 is 0 Å². The van der Waals surface area contributed by atoms with Crippen LogP contribution in [-0.2, 0) is 5.75 Å². The number of hydrogen-bond donors (Lipinski definition) is 2. The lowest BCUT2D eigenvalue weighted by Gasteiger charge is -2.13. The fourth-order valence-corrected chi connectivity index (χ4v) is 3.94. The topological polar surface area (TPSA) is 98.7 Å². The number of nitrogens with two attached hydrogens (primary N) is 1. The molecular weight excluding hydrogens is 408 g/mol. The highest BCUT2D eigenvalue weighted by Crippen LogP contribution is 2.31. The molecule has 1 amide bonds. The normalized spacial score (nSPS) is 14.1. The molecule has 0 radical (unpaired) electrons. The summed E-state index contributed by atoms with van der Waals surface area (Å²) in [5.41, 5.74) is 7.65. The number of benzene rings is 2. The van der Waals surface area contributed by atoms with Crippen molar-refractivity contribution in [1.82, 2.24) is 25.5 Å². The third-order valence-electron chi connectivity index (χ3n) is 4.75. The molecule has 29 heavy (non-hydrogen) atoms. The predicted octanol–water partition coefficient (Wildman–Crippen LogP) is 2.84. The zero-order valence-electron chi connectivity index (χ0n) is 15.8. The SMILES string of the molecule is Cl.NC(CNC(=O)c1ccccc1SCc1nnnn1-c1ccccc1)C1CC1. The summed E-state index contributed by atoms with van der Waals surface area (Å²) in [5, 5.41) is 15.0. The first-order valence-corrected chi connectivity index (χ1v) is 10.3. The van der Waals surface area contributed by atoms with Crippen LogP contribution in [0.1, 0.15) is 29.0 Å². The number of carbonyl (C=O) groups is 1. The van der Waals surface area contributed by atoms with Gasteiger partial charge < -0.3 is 11.1 Å². The van der Waals surface area contributed by atoms with E-state index in [1.54, 1.807) is 4.68 Å². The molecule has 0 bridgehead atoms. The van der Waals surface area contributed by atoms with Gasteiger partial charge in [0.1, 0.15) is 0 Å². The average molecular weight is 431 g/mol. The van der Waals surface area contributed by atoms with Crippen molar-refractivity contribution in [3.8, 4) is 5.69 Å². The second-order valence-electron chi connectivity index (χ2n) is 6.84. The van der Waals surface area contributed by atoms with Gasteiger partial charge in [-0.05, 0) is 53.5 Å². The monoisotopic (exact) mass is 430 g/mol. The lowest BCUT2D eigenvalue weighted by molar-refractivity contribution is 0.0947. The Labute approximate surface area is 179 Å². The summed E-state index contributed by atoms with van der Waals surface area (Å²) in [5.74, 6) is 1.74. The highest BCUT2D eigenvalue weighted by Gasteiger charge is 2.28. The van der Waals surface area contributed by atoms with Crippen LogP contribution in [0.2, 0.25) is 0 Å². The lowest BCUT2D eigenvalue weighted by Crippen LogP contribution is -2.38. The number of amides is 1. The maximum Gasteiger partial charge on any atom is 0.252 e. The summed E-state index contributed by atoms with van der Waals surface area (Å²) in [4.78, 5) is 13.5. The minimum atomic E-state index is -0.0955. The van der Waals surface area contributed by atoms with E-state index in [1.807, 2.05) is 54.6 Å². The van der Waals surface area contributed by atoms with Crippen LogP contribution in [-0.4, -0.2) is 38.7 Å². The fraction of sp³-hybridized carbons (Fsp3) is 0.300. The molecule has 1 atom stereocenters. The van der Waals surface area contributed by atoms with Gasteiger partial charge in [0.25, 0.3) is 5.91 Å². The molecule has 1 aromatic heterocycles. The first-order valence-electron chi connectivity index (χ1n) is 9.30. The minimum Gasteiger partial charge on any atom is -0.350 e. The number of rotatable bonds is 8. The molecule has 0 spiro atoms. The molecule has 9 heteroatoms. The van der Waals surface area contributed by atoms with Gasteiger partial charge in [0.2, 0.25) is 0 Å². The highest BCUT2D eigenvalue weighted by atomic mass is 35.5. The van der Waals surface area contributed by atoms with Gasteiger partial charge in [0, 0.05) is 17.5 Å². The van der Waals surface area contributed by atoms with Gasteiger partial charge in [-0.25, -0.2) is 0 Å². The fourth-order valence-electron chi connectivity index (χ4n) is 2.98. The molecule has 1 aliphatic carbocycles. The van der Waals surface area contributed by atoms with Crippen LogP contribution in [0.4, 0.5) is 0 Å². The molecule has 7 nitrogen and oxygen atoms in total. The van der Waals surface area contributed by atoms with E-state index in [4.69, 9.17) is 5.73 Å². The van der Waals surface area contributed by atoms with Crippen molar-refractivity contribution in [2.75, 3.05) is 6.54 Å². The van der Waals surface area contributed by atoms with Crippen LogP contribution >= 0.6 is 24.2 Å². The number of thioether (sulfide) groups is 1. The van der Waals surface area contributed by atoms with E-state index in [0.29, 0.717) is 23.8 Å². The first-order chi connectivity index (χ1) is 13.7. The number of halogens is 1. The molecule has 0 aliphatic heterocycles. The van der Waals surface area contributed by atoms with Crippen molar-refractivity contribution in [1.29, 1.82) is 0 Å². The Balaban J connectivity index is 0.00000240. The van der Waals surface area contributed by atoms with E-state index in [2.05, 4.69) is 20.8 Å². The van der Waals surface area contributed by atoms with Gasteiger partial charge in [0.05, 0.1) is 17.0 Å². The molecule has 1 fully saturated rings. The number of nitrogens with one attached hydrogen (secondary N) is 1. The van der Waals surface area contributed by atoms with Crippen molar-refractivity contribution < 1.29 is 4.79 Å². The maximum absolute atomic E-state index is 12.6. The molecule has 152 valence electrons. The van der Waals surface area contributed by atoms with Crippen LogP contribution < -0.4 is 11.1 Å². The summed E-state index contributed by atoms with van der Waals surface area (Å²) in [6.07, 6.45) is 2.33. The maximum atomic E-state index is 12.6. The van der Waals surface area contributed by atoms with Gasteiger partial charge in [-0.1, -0.05) is 30.3 Å². The van der Waals surface area contributed by atoms with Crippen LogP contribution in [0.25, 0.3) is 5.69 Å². The van der Waals surface area contributed by atoms with Crippen LogP contribution in [0, 0.1) is 5.92 Å². The molecule has 1 aliphatic rings. The van der Waals surface area contributed by atoms with Crippen LogP contribution in [0.15, 0.2) is 59.5 Å². The smallest absolute Gasteiger partial charge is 0.252 e. The highest BCUT2D eigenvalue weighted by molar-refractivity contribution is 7.98. The zero-order chi connectivity index (χ0) is 19.3. The Morgan fingerprint density at radius 1 is 1.17 bits per heavy atom. The average Bonchev–Trinajstić information content (AvgIpc) is 3.49. The summed E-state index contributed by atoms with van der Waals surface area (Å²) in [7, 11) is 0. The number of hydrogen-bond acceptors (Lipinski definition) is 6. The van der Waals surface area contributed by atoms with Crippen LogP contribution in [0.3, 0.4) is 0 Å². The summed E-state index contributed by atoms with van der Waals surface area (Å²) in [6.45, 7) is 0.509. The van der Waals surface area contributed by atoms with E-state index in [9.17, 15) is 4.79 Å². The third-order valence-corrected chi connectivity index (χ3v) is 5.82. The summed E-state index contributed by atoms with van der Waals surface area (Å²) >= 11 is 1.54. The molecular formula is C20H23ClN6OS. The second-order valence-corrected chi connectivity index (χ2v) is 7.86. The van der Waals surface area contributed by atoms with Crippen molar-refractivity contribution in [3.63, 3.8) is 0 Å². The Morgan fingerprint density at radius 3 is 2.66 bits per heavy atom. The largest absolute Gasteiger partial charge is 0.350 e. The Bertz CT molecular complexity index is 947. The summed E-state index contributed by atoms with van der Waals surface area (Å²) < 4.78 is 1.71. The van der Waals surface area contributed by atoms with Gasteiger partial charge in [-0.2, -0.15) is 4.68 Å². The Kier molecular flexibility index (Phi) is 7.24. The molecule has 4 rings (SSSR count).